The number of carbonyl (C=O) groups excluding carboxylic acids is 1. The molecule has 0 aliphatic carbocycles. The van der Waals surface area contributed by atoms with Gasteiger partial charge in [-0.2, -0.15) is 4.98 Å². The summed E-state index contributed by atoms with van der Waals surface area (Å²) in [5.41, 5.74) is 6.10. The Hall–Kier alpha value is -2.28. The van der Waals surface area contributed by atoms with E-state index in [1.807, 2.05) is 20.8 Å². The molecule has 0 aliphatic heterocycles. The molecule has 1 heterocycles. The van der Waals surface area contributed by atoms with E-state index in [4.69, 9.17) is 26.6 Å². The van der Waals surface area contributed by atoms with Crippen LogP contribution in [0.3, 0.4) is 0 Å². The molecule has 130 valence electrons. The standard InChI is InChI=1S/C16H21ClN4O3/c1-8(14-20-15(21-24-14)16(2,3)4)19-13(22)9-6-10(17)11(18)7-12(9)23-5/h6-8H,18H2,1-5H3,(H,19,22). The van der Waals surface area contributed by atoms with Gasteiger partial charge in [-0.25, -0.2) is 0 Å². The normalized spacial score (nSPS) is 12.8. The molecule has 0 saturated carbocycles. The number of nitrogens with two attached hydrogens (primary N) is 1. The van der Waals surface area contributed by atoms with Crippen molar-refractivity contribution in [2.45, 2.75) is 39.2 Å². The monoisotopic (exact) mass is 352 g/mol. The highest BCUT2D eigenvalue weighted by Gasteiger charge is 2.25. The van der Waals surface area contributed by atoms with Crippen LogP contribution in [0.1, 0.15) is 55.8 Å². The number of nitrogen functional groups attached to an aromatic ring is 1. The number of nitrogens with one attached hydrogen (secondary N) is 1. The Balaban J connectivity index is 2.20. The minimum atomic E-state index is -0.470. The number of anilines is 1. The second-order valence-corrected chi connectivity index (χ2v) is 6.88. The molecule has 1 amide bonds. The van der Waals surface area contributed by atoms with Gasteiger partial charge in [0, 0.05) is 11.5 Å². The topological polar surface area (TPSA) is 103 Å². The number of hydrogen-bond acceptors (Lipinski definition) is 6. The number of halogens is 1. The summed E-state index contributed by atoms with van der Waals surface area (Å²) in [5.74, 6) is 0.861. The molecule has 1 unspecified atom stereocenters. The van der Waals surface area contributed by atoms with Crippen molar-refractivity contribution >= 4 is 23.2 Å². The van der Waals surface area contributed by atoms with Gasteiger partial charge in [-0.1, -0.05) is 37.5 Å². The van der Waals surface area contributed by atoms with E-state index in [0.717, 1.165) is 0 Å². The van der Waals surface area contributed by atoms with Gasteiger partial charge in [-0.15, -0.1) is 0 Å². The van der Waals surface area contributed by atoms with Crippen LogP contribution < -0.4 is 15.8 Å². The van der Waals surface area contributed by atoms with Gasteiger partial charge >= 0.3 is 0 Å². The van der Waals surface area contributed by atoms with E-state index < -0.39 is 6.04 Å². The maximum atomic E-state index is 12.5. The number of hydrogen-bond donors (Lipinski definition) is 2. The Morgan fingerprint density at radius 1 is 1.42 bits per heavy atom. The van der Waals surface area contributed by atoms with Crippen LogP contribution in [0.2, 0.25) is 5.02 Å². The number of amides is 1. The van der Waals surface area contributed by atoms with E-state index in [0.29, 0.717) is 23.2 Å². The highest BCUT2D eigenvalue weighted by atomic mass is 35.5. The van der Waals surface area contributed by atoms with Crippen molar-refractivity contribution in [3.63, 3.8) is 0 Å². The number of aromatic nitrogens is 2. The summed E-state index contributed by atoms with van der Waals surface area (Å²) in [6.45, 7) is 7.69. The van der Waals surface area contributed by atoms with Gasteiger partial charge in [0.05, 0.1) is 23.4 Å². The predicted molar refractivity (Wildman–Crippen MR) is 91.3 cm³/mol. The maximum Gasteiger partial charge on any atom is 0.255 e. The van der Waals surface area contributed by atoms with Crippen LogP contribution in [0, 0.1) is 0 Å². The first kappa shape index (κ1) is 18.1. The number of nitrogens with zero attached hydrogens (tertiary/aromatic N) is 2. The molecule has 2 rings (SSSR count). The second kappa shape index (κ2) is 6.68. The summed E-state index contributed by atoms with van der Waals surface area (Å²) >= 11 is 5.99. The fourth-order valence-corrected chi connectivity index (χ4v) is 2.13. The molecule has 8 heteroatoms. The van der Waals surface area contributed by atoms with Gasteiger partial charge in [-0.05, 0) is 13.0 Å². The molecule has 0 radical (unpaired) electrons. The van der Waals surface area contributed by atoms with Crippen LogP contribution in [-0.4, -0.2) is 23.2 Å². The Kier molecular flexibility index (Phi) is 5.03. The van der Waals surface area contributed by atoms with Crippen molar-refractivity contribution in [1.82, 2.24) is 15.5 Å². The summed E-state index contributed by atoms with van der Waals surface area (Å²) in [6.07, 6.45) is 0. The molecule has 0 spiro atoms. The molecule has 7 nitrogen and oxygen atoms in total. The van der Waals surface area contributed by atoms with Crippen LogP contribution in [0.15, 0.2) is 16.7 Å². The van der Waals surface area contributed by atoms with Crippen molar-refractivity contribution in [2.24, 2.45) is 0 Å². The van der Waals surface area contributed by atoms with E-state index in [1.54, 1.807) is 6.92 Å². The molecular weight excluding hydrogens is 332 g/mol. The van der Waals surface area contributed by atoms with Gasteiger partial charge in [0.25, 0.3) is 5.91 Å². The van der Waals surface area contributed by atoms with Crippen LogP contribution in [0.5, 0.6) is 5.75 Å². The lowest BCUT2D eigenvalue weighted by Gasteiger charge is -2.14. The maximum absolute atomic E-state index is 12.5. The minimum Gasteiger partial charge on any atom is -0.496 e. The van der Waals surface area contributed by atoms with Gasteiger partial charge in [0.2, 0.25) is 5.89 Å². The summed E-state index contributed by atoms with van der Waals surface area (Å²) in [4.78, 5) is 16.8. The van der Waals surface area contributed by atoms with Gasteiger partial charge in [0.1, 0.15) is 11.8 Å². The average molecular weight is 353 g/mol. The number of benzene rings is 1. The fourth-order valence-electron chi connectivity index (χ4n) is 1.97. The highest BCUT2D eigenvalue weighted by Crippen LogP contribution is 2.29. The highest BCUT2D eigenvalue weighted by molar-refractivity contribution is 6.33. The fraction of sp³-hybridized carbons (Fsp3) is 0.438. The molecule has 0 aliphatic rings. The Morgan fingerprint density at radius 2 is 2.08 bits per heavy atom. The number of carbonyl (C=O) groups is 1. The first-order valence-corrected chi connectivity index (χ1v) is 7.79. The molecule has 24 heavy (non-hydrogen) atoms. The third-order valence-electron chi connectivity index (χ3n) is 3.39. The lowest BCUT2D eigenvalue weighted by molar-refractivity contribution is 0.0929. The third-order valence-corrected chi connectivity index (χ3v) is 3.72. The molecule has 1 aromatic heterocycles. The first-order valence-electron chi connectivity index (χ1n) is 7.41. The molecule has 3 N–H and O–H groups in total. The van der Waals surface area contributed by atoms with E-state index in [2.05, 4.69) is 15.5 Å². The average Bonchev–Trinajstić information content (AvgIpc) is 2.99. The third kappa shape index (κ3) is 3.79. The molecule has 0 bridgehead atoms. The predicted octanol–water partition coefficient (Wildman–Crippen LogP) is 3.10. The lowest BCUT2D eigenvalue weighted by Crippen LogP contribution is -2.27. The zero-order chi connectivity index (χ0) is 18.1. The van der Waals surface area contributed by atoms with E-state index >= 15 is 0 Å². The van der Waals surface area contributed by atoms with E-state index in [9.17, 15) is 4.79 Å². The molecule has 0 fully saturated rings. The van der Waals surface area contributed by atoms with Crippen LogP contribution in [-0.2, 0) is 5.41 Å². The van der Waals surface area contributed by atoms with Crippen molar-refractivity contribution in [1.29, 1.82) is 0 Å². The van der Waals surface area contributed by atoms with E-state index in [1.165, 1.54) is 19.2 Å². The second-order valence-electron chi connectivity index (χ2n) is 6.48. The molecule has 1 aromatic carbocycles. The van der Waals surface area contributed by atoms with Crippen molar-refractivity contribution in [2.75, 3.05) is 12.8 Å². The Bertz CT molecular complexity index is 752. The summed E-state index contributed by atoms with van der Waals surface area (Å²) in [6, 6.07) is 2.50. The van der Waals surface area contributed by atoms with E-state index in [-0.39, 0.29) is 21.9 Å². The summed E-state index contributed by atoms with van der Waals surface area (Å²) < 4.78 is 10.4. The number of rotatable bonds is 4. The largest absolute Gasteiger partial charge is 0.496 e. The zero-order valence-electron chi connectivity index (χ0n) is 14.3. The Morgan fingerprint density at radius 3 is 2.62 bits per heavy atom. The van der Waals surface area contributed by atoms with Crippen molar-refractivity contribution in [3.05, 3.63) is 34.4 Å². The van der Waals surface area contributed by atoms with Gasteiger partial charge in [0.15, 0.2) is 5.82 Å². The lowest BCUT2D eigenvalue weighted by atomic mass is 9.96. The smallest absolute Gasteiger partial charge is 0.255 e. The van der Waals surface area contributed by atoms with Crippen LogP contribution >= 0.6 is 11.6 Å². The van der Waals surface area contributed by atoms with Crippen LogP contribution in [0.4, 0.5) is 5.69 Å². The molecule has 1 atom stereocenters. The van der Waals surface area contributed by atoms with Gasteiger partial charge in [-0.3, -0.25) is 4.79 Å². The zero-order valence-corrected chi connectivity index (χ0v) is 15.1. The summed E-state index contributed by atoms with van der Waals surface area (Å²) in [5, 5.41) is 7.01. The number of methoxy groups -OCH3 is 1. The quantitative estimate of drug-likeness (QED) is 0.819. The molecule has 2 aromatic rings. The SMILES string of the molecule is COc1cc(N)c(Cl)cc1C(=O)NC(C)c1nc(C(C)(C)C)no1. The van der Waals surface area contributed by atoms with Crippen molar-refractivity contribution < 1.29 is 14.1 Å². The molecule has 0 saturated heterocycles. The first-order chi connectivity index (χ1) is 11.1. The van der Waals surface area contributed by atoms with Crippen molar-refractivity contribution in [3.8, 4) is 5.75 Å². The Labute approximate surface area is 145 Å². The summed E-state index contributed by atoms with van der Waals surface area (Å²) in [7, 11) is 1.45. The van der Waals surface area contributed by atoms with Gasteiger partial charge < -0.3 is 20.3 Å². The molecular formula is C16H21ClN4O3. The number of ether oxygens (including phenoxy) is 1. The minimum absolute atomic E-state index is 0.237. The van der Waals surface area contributed by atoms with Crippen LogP contribution in [0.25, 0.3) is 0 Å².